The van der Waals surface area contributed by atoms with Gasteiger partial charge in [0.15, 0.2) is 5.79 Å². The van der Waals surface area contributed by atoms with E-state index in [1.54, 1.807) is 13.8 Å². The predicted molar refractivity (Wildman–Crippen MR) is 254 cm³/mol. The summed E-state index contributed by atoms with van der Waals surface area (Å²) in [7, 11) is 0. The van der Waals surface area contributed by atoms with E-state index < -0.39 is 46.9 Å². The summed E-state index contributed by atoms with van der Waals surface area (Å²) in [6.07, 6.45) is 38.4. The molecule has 1 saturated heterocycles. The number of amides is 1. The van der Waals surface area contributed by atoms with Gasteiger partial charge in [0.1, 0.15) is 23.4 Å². The number of aliphatic hydroxyl groups excluding tert-OH is 3. The highest BCUT2D eigenvalue weighted by Gasteiger charge is 2.67. The molecule has 364 valence electrons. The molecule has 1 heterocycles. The van der Waals surface area contributed by atoms with Gasteiger partial charge in [-0.1, -0.05) is 219 Å². The molecule has 0 radical (unpaired) electrons. The van der Waals surface area contributed by atoms with Crippen molar-refractivity contribution in [2.45, 2.75) is 320 Å². The molecular formula is C52H103NO8. The third-order valence-electron chi connectivity index (χ3n) is 14.2. The van der Waals surface area contributed by atoms with Crippen LogP contribution in [0.4, 0.5) is 0 Å². The number of carbonyl (C=O) groups is 1. The molecule has 0 saturated carbocycles. The maximum absolute atomic E-state index is 13.2. The number of hydrogen-bond donors (Lipinski definition) is 6. The summed E-state index contributed by atoms with van der Waals surface area (Å²) in [6, 6.07) is -0.978. The van der Waals surface area contributed by atoms with Crippen LogP contribution < -0.4 is 5.32 Å². The van der Waals surface area contributed by atoms with Gasteiger partial charge < -0.3 is 40.3 Å². The van der Waals surface area contributed by atoms with Gasteiger partial charge in [-0.3, -0.25) is 4.79 Å². The second-order valence-electron chi connectivity index (χ2n) is 20.3. The molecule has 1 aliphatic heterocycles. The average Bonchev–Trinajstić information content (AvgIpc) is 3.21. The maximum Gasteiger partial charge on any atom is 0.220 e. The van der Waals surface area contributed by atoms with Gasteiger partial charge >= 0.3 is 0 Å². The Morgan fingerprint density at radius 1 is 0.541 bits per heavy atom. The summed E-state index contributed by atoms with van der Waals surface area (Å²) < 4.78 is 12.3. The summed E-state index contributed by atoms with van der Waals surface area (Å²) in [5.74, 6) is -2.03. The second kappa shape index (κ2) is 33.6. The molecule has 1 unspecified atom stereocenters. The SMILES string of the molecule is CCCCCCCCCCCCCCCCCCCCCCCC(=O)N[C@@H](CO[C@]1(C)OC(C)(C)[C@@](C)(O)[C@H](O)C1(C)O)[C@H](O)[C@H](O)CCCCCCCCCCCCCC. The average molecular weight is 870 g/mol. The lowest BCUT2D eigenvalue weighted by molar-refractivity contribution is -0.428. The molecule has 61 heavy (non-hydrogen) atoms. The van der Waals surface area contributed by atoms with Crippen molar-refractivity contribution in [2.75, 3.05) is 6.61 Å². The van der Waals surface area contributed by atoms with E-state index in [0.717, 1.165) is 38.5 Å². The summed E-state index contributed by atoms with van der Waals surface area (Å²) in [5, 5.41) is 58.9. The highest BCUT2D eigenvalue weighted by atomic mass is 16.7. The lowest BCUT2D eigenvalue weighted by Gasteiger charge is -2.60. The number of unbranched alkanes of at least 4 members (excludes halogenated alkanes) is 31. The van der Waals surface area contributed by atoms with Gasteiger partial charge in [0, 0.05) is 6.42 Å². The van der Waals surface area contributed by atoms with Gasteiger partial charge in [0.2, 0.25) is 5.91 Å². The normalized spacial score (nSPS) is 24.2. The third-order valence-corrected chi connectivity index (χ3v) is 14.2. The van der Waals surface area contributed by atoms with E-state index in [-0.39, 0.29) is 12.5 Å². The fourth-order valence-electron chi connectivity index (χ4n) is 9.10. The molecule has 6 N–H and O–H groups in total. The first kappa shape index (κ1) is 58.2. The van der Waals surface area contributed by atoms with E-state index in [9.17, 15) is 30.3 Å². The lowest BCUT2D eigenvalue weighted by atomic mass is 9.70. The molecule has 0 aromatic rings. The summed E-state index contributed by atoms with van der Waals surface area (Å²) in [6.45, 7) is 11.7. The van der Waals surface area contributed by atoms with Crippen LogP contribution in [0.2, 0.25) is 0 Å². The molecule has 9 heteroatoms. The van der Waals surface area contributed by atoms with Crippen LogP contribution in [-0.4, -0.2) is 85.0 Å². The topological polar surface area (TPSA) is 149 Å². The third kappa shape index (κ3) is 23.8. The zero-order valence-corrected chi connectivity index (χ0v) is 41.2. The van der Waals surface area contributed by atoms with Crippen molar-refractivity contribution in [3.05, 3.63) is 0 Å². The zero-order chi connectivity index (χ0) is 45.5. The summed E-state index contributed by atoms with van der Waals surface area (Å²) in [5.41, 5.74) is -5.13. The smallest absolute Gasteiger partial charge is 0.220 e. The van der Waals surface area contributed by atoms with Crippen molar-refractivity contribution in [2.24, 2.45) is 0 Å². The largest absolute Gasteiger partial charge is 0.390 e. The summed E-state index contributed by atoms with van der Waals surface area (Å²) >= 11 is 0. The predicted octanol–water partition coefficient (Wildman–Crippen LogP) is 12.3. The van der Waals surface area contributed by atoms with E-state index in [1.807, 2.05) is 0 Å². The Labute approximate surface area is 376 Å². The van der Waals surface area contributed by atoms with E-state index in [1.165, 1.54) is 194 Å². The highest BCUT2D eigenvalue weighted by Crippen LogP contribution is 2.48. The van der Waals surface area contributed by atoms with E-state index in [4.69, 9.17) is 9.47 Å². The van der Waals surface area contributed by atoms with Gasteiger partial charge in [-0.05, 0) is 47.5 Å². The monoisotopic (exact) mass is 870 g/mol. The molecule has 7 atom stereocenters. The number of carbonyl (C=O) groups excluding carboxylic acids is 1. The van der Waals surface area contributed by atoms with E-state index >= 15 is 0 Å². The van der Waals surface area contributed by atoms with Crippen LogP contribution in [0.15, 0.2) is 0 Å². The molecule has 0 aromatic carbocycles. The van der Waals surface area contributed by atoms with Gasteiger partial charge in [-0.25, -0.2) is 0 Å². The minimum atomic E-state index is -2.04. The van der Waals surface area contributed by atoms with Crippen LogP contribution in [0, 0.1) is 0 Å². The van der Waals surface area contributed by atoms with Crippen molar-refractivity contribution < 1.29 is 39.8 Å². The first-order valence-electron chi connectivity index (χ1n) is 26.2. The molecule has 0 aliphatic carbocycles. The van der Waals surface area contributed by atoms with Crippen LogP contribution in [0.25, 0.3) is 0 Å². The van der Waals surface area contributed by atoms with Crippen molar-refractivity contribution >= 4 is 5.91 Å². The van der Waals surface area contributed by atoms with Gasteiger partial charge in [0.05, 0.1) is 24.4 Å². The maximum atomic E-state index is 13.2. The molecule has 1 aliphatic rings. The molecule has 9 nitrogen and oxygen atoms in total. The van der Waals surface area contributed by atoms with Crippen LogP contribution in [0.3, 0.4) is 0 Å². The number of ether oxygens (including phenoxy) is 2. The van der Waals surface area contributed by atoms with Crippen molar-refractivity contribution in [3.8, 4) is 0 Å². The fourth-order valence-corrected chi connectivity index (χ4v) is 9.10. The Kier molecular flexibility index (Phi) is 32.1. The number of aliphatic hydroxyl groups is 5. The van der Waals surface area contributed by atoms with E-state index in [0.29, 0.717) is 12.8 Å². The minimum absolute atomic E-state index is 0.229. The number of hydrogen-bond acceptors (Lipinski definition) is 8. The molecule has 1 amide bonds. The van der Waals surface area contributed by atoms with Gasteiger partial charge in [0.25, 0.3) is 0 Å². The number of rotatable bonds is 41. The first-order valence-corrected chi connectivity index (χ1v) is 26.2. The molecule has 0 aromatic heterocycles. The number of nitrogens with one attached hydrogen (secondary N) is 1. The van der Waals surface area contributed by atoms with E-state index in [2.05, 4.69) is 19.2 Å². The standard InChI is InChI=1S/C52H103NO8/c1-8-10-12-14-16-18-20-22-23-24-25-26-27-28-29-30-32-34-36-38-40-42-46(55)53-44(43-60-52(7)51(6,59)48(57)50(5,58)49(3,4)61-52)47(56)45(54)41-39-37-35-33-31-21-19-17-15-13-11-9-2/h44-45,47-48,54,56-59H,8-43H2,1-7H3,(H,53,55)/t44-,45+,47-,48-,50-,51?,52+/m0/s1. The molecular weight excluding hydrogens is 767 g/mol. The zero-order valence-electron chi connectivity index (χ0n) is 41.2. The molecule has 1 rings (SSSR count). The Bertz CT molecular complexity index is 1050. The molecule has 0 spiro atoms. The second-order valence-corrected chi connectivity index (χ2v) is 20.3. The van der Waals surface area contributed by atoms with Crippen LogP contribution in [0.1, 0.15) is 273 Å². The van der Waals surface area contributed by atoms with Crippen LogP contribution in [-0.2, 0) is 14.3 Å². The first-order chi connectivity index (χ1) is 29.1. The molecule has 1 fully saturated rings. The fraction of sp³-hybridized carbons (Fsp3) is 0.981. The van der Waals surface area contributed by atoms with Gasteiger partial charge in [-0.2, -0.15) is 0 Å². The Balaban J connectivity index is 2.45. The van der Waals surface area contributed by atoms with Crippen molar-refractivity contribution in [1.29, 1.82) is 0 Å². The minimum Gasteiger partial charge on any atom is -0.390 e. The summed E-state index contributed by atoms with van der Waals surface area (Å²) in [4.78, 5) is 13.2. The van der Waals surface area contributed by atoms with Crippen LogP contribution in [0.5, 0.6) is 0 Å². The Morgan fingerprint density at radius 2 is 0.869 bits per heavy atom. The highest BCUT2D eigenvalue weighted by molar-refractivity contribution is 5.76. The van der Waals surface area contributed by atoms with Crippen LogP contribution >= 0.6 is 0 Å². The van der Waals surface area contributed by atoms with Crippen molar-refractivity contribution in [1.82, 2.24) is 5.32 Å². The van der Waals surface area contributed by atoms with Crippen molar-refractivity contribution in [3.63, 3.8) is 0 Å². The molecule has 0 bridgehead atoms. The Hall–Kier alpha value is -0.810. The van der Waals surface area contributed by atoms with Gasteiger partial charge in [-0.15, -0.1) is 0 Å². The quantitative estimate of drug-likeness (QED) is 0.0333. The Morgan fingerprint density at radius 3 is 1.23 bits per heavy atom. The lowest BCUT2D eigenvalue weighted by Crippen LogP contribution is -2.78.